The maximum Gasteiger partial charge on any atom is 0.409 e. The van der Waals surface area contributed by atoms with E-state index in [9.17, 15) is 18.0 Å². The van der Waals surface area contributed by atoms with E-state index in [1.54, 1.807) is 17.0 Å². The molecular formula is C21H26F3N5O3. The summed E-state index contributed by atoms with van der Waals surface area (Å²) in [5.74, 6) is 0.715. The van der Waals surface area contributed by atoms with Crippen LogP contribution in [0.3, 0.4) is 0 Å². The Morgan fingerprint density at radius 3 is 2.66 bits per heavy atom. The number of nitrogens with zero attached hydrogens (tertiary/aromatic N) is 5. The van der Waals surface area contributed by atoms with Gasteiger partial charge in [-0.2, -0.15) is 18.2 Å². The highest BCUT2D eigenvalue weighted by Gasteiger charge is 2.46. The minimum atomic E-state index is -4.56. The van der Waals surface area contributed by atoms with Crippen molar-refractivity contribution in [2.75, 3.05) is 36.1 Å². The lowest BCUT2D eigenvalue weighted by Crippen LogP contribution is -2.47. The Hall–Kier alpha value is -2.82. The van der Waals surface area contributed by atoms with Crippen molar-refractivity contribution in [2.45, 2.75) is 51.6 Å². The Morgan fingerprint density at radius 2 is 2.03 bits per heavy atom. The van der Waals surface area contributed by atoms with Gasteiger partial charge in [0.25, 0.3) is 5.56 Å². The third kappa shape index (κ3) is 4.38. The molecule has 4 heterocycles. The quantitative estimate of drug-likeness (QED) is 0.703. The van der Waals surface area contributed by atoms with Gasteiger partial charge in [-0.25, -0.2) is 4.98 Å². The van der Waals surface area contributed by atoms with Crippen LogP contribution in [0.4, 0.5) is 30.6 Å². The second-order valence-corrected chi connectivity index (χ2v) is 8.26. The van der Waals surface area contributed by atoms with Gasteiger partial charge < -0.3 is 19.3 Å². The normalized spacial score (nSPS) is 21.6. The molecule has 0 saturated carbocycles. The predicted octanol–water partition coefficient (Wildman–Crippen LogP) is 3.30. The number of anilines is 3. The van der Waals surface area contributed by atoms with Crippen LogP contribution < -0.4 is 20.1 Å². The van der Waals surface area contributed by atoms with Crippen molar-refractivity contribution in [1.29, 1.82) is 0 Å². The first-order valence-corrected chi connectivity index (χ1v) is 10.6. The van der Waals surface area contributed by atoms with Crippen molar-refractivity contribution in [3.8, 4) is 5.88 Å². The van der Waals surface area contributed by atoms with Crippen molar-refractivity contribution in [1.82, 2.24) is 14.5 Å². The van der Waals surface area contributed by atoms with Crippen LogP contribution in [0.1, 0.15) is 33.2 Å². The Kier molecular flexibility index (Phi) is 6.02. The van der Waals surface area contributed by atoms with Crippen LogP contribution in [0.5, 0.6) is 5.88 Å². The lowest BCUT2D eigenvalue weighted by Gasteiger charge is -2.38. The molecule has 2 aromatic rings. The molecule has 0 amide bonds. The van der Waals surface area contributed by atoms with Gasteiger partial charge in [-0.1, -0.05) is 0 Å². The van der Waals surface area contributed by atoms with Gasteiger partial charge in [0.2, 0.25) is 11.8 Å². The monoisotopic (exact) mass is 453 g/mol. The molecule has 2 aromatic heterocycles. The molecule has 0 spiro atoms. The second-order valence-electron chi connectivity index (χ2n) is 8.26. The Labute approximate surface area is 183 Å². The summed E-state index contributed by atoms with van der Waals surface area (Å²) in [6, 6.07) is 2.57. The lowest BCUT2D eigenvalue weighted by molar-refractivity contribution is -0.170. The van der Waals surface area contributed by atoms with Gasteiger partial charge in [0, 0.05) is 25.2 Å². The van der Waals surface area contributed by atoms with E-state index in [2.05, 4.69) is 9.97 Å². The molecule has 4 rings (SSSR count). The fourth-order valence-electron chi connectivity index (χ4n) is 4.04. The van der Waals surface area contributed by atoms with E-state index in [4.69, 9.17) is 9.47 Å². The molecule has 0 radical (unpaired) electrons. The second kappa shape index (κ2) is 8.61. The number of halogens is 3. The Balaban J connectivity index is 1.78. The van der Waals surface area contributed by atoms with Gasteiger partial charge in [-0.3, -0.25) is 9.36 Å². The molecule has 1 fully saturated rings. The van der Waals surface area contributed by atoms with Gasteiger partial charge in [0.15, 0.2) is 0 Å². The molecular weight excluding hydrogens is 427 g/mol. The van der Waals surface area contributed by atoms with E-state index in [1.165, 1.54) is 12.3 Å². The highest BCUT2D eigenvalue weighted by atomic mass is 19.4. The molecule has 0 N–H and O–H groups in total. The molecule has 0 aliphatic carbocycles. The van der Waals surface area contributed by atoms with Crippen molar-refractivity contribution >= 4 is 17.5 Å². The smallest absolute Gasteiger partial charge is 0.409 e. The van der Waals surface area contributed by atoms with E-state index in [-0.39, 0.29) is 31.1 Å². The van der Waals surface area contributed by atoms with Crippen molar-refractivity contribution in [2.24, 2.45) is 0 Å². The summed E-state index contributed by atoms with van der Waals surface area (Å²) in [4.78, 5) is 25.2. The summed E-state index contributed by atoms with van der Waals surface area (Å²) in [7, 11) is 0. The first kappa shape index (κ1) is 22.4. The van der Waals surface area contributed by atoms with E-state index in [0.29, 0.717) is 37.1 Å². The zero-order valence-corrected chi connectivity index (χ0v) is 18.2. The topological polar surface area (TPSA) is 72.7 Å². The van der Waals surface area contributed by atoms with Gasteiger partial charge in [-0.15, -0.1) is 0 Å². The number of fused-ring (bicyclic) bond motifs is 1. The standard InChI is InChI=1S/C21H26F3N5O3/c1-13(2)32-18-5-4-15(11-25-18)28-7-6-16(21(22,23)24)29-19(30)10-17(26-20(28)29)27-8-9-31-12-14(27)3/h4-5,10-11,13-14,16H,6-9,12H2,1-3H3. The van der Waals surface area contributed by atoms with Crippen molar-refractivity contribution < 1.29 is 22.6 Å². The summed E-state index contributed by atoms with van der Waals surface area (Å²) in [5.41, 5.74) is -0.196. The molecule has 32 heavy (non-hydrogen) atoms. The van der Waals surface area contributed by atoms with Crippen LogP contribution in [0.25, 0.3) is 0 Å². The van der Waals surface area contributed by atoms with Crippen LogP contribution in [0.2, 0.25) is 0 Å². The number of aromatic nitrogens is 3. The zero-order valence-electron chi connectivity index (χ0n) is 18.2. The molecule has 174 valence electrons. The highest BCUT2D eigenvalue weighted by molar-refractivity contribution is 5.60. The Morgan fingerprint density at radius 1 is 1.25 bits per heavy atom. The molecule has 8 nitrogen and oxygen atoms in total. The molecule has 2 unspecified atom stereocenters. The first-order valence-electron chi connectivity index (χ1n) is 10.6. The fourth-order valence-corrected chi connectivity index (χ4v) is 4.04. The summed E-state index contributed by atoms with van der Waals surface area (Å²) < 4.78 is 53.0. The number of morpholine rings is 1. The molecule has 11 heteroatoms. The maximum absolute atomic E-state index is 13.8. The Bertz CT molecular complexity index is 1010. The number of ether oxygens (including phenoxy) is 2. The van der Waals surface area contributed by atoms with Gasteiger partial charge in [0.1, 0.15) is 11.9 Å². The third-order valence-electron chi connectivity index (χ3n) is 5.53. The molecule has 2 aliphatic heterocycles. The van der Waals surface area contributed by atoms with E-state index < -0.39 is 17.8 Å². The van der Waals surface area contributed by atoms with Crippen molar-refractivity contribution in [3.05, 3.63) is 34.7 Å². The summed E-state index contributed by atoms with van der Waals surface area (Å²) >= 11 is 0. The van der Waals surface area contributed by atoms with Crippen LogP contribution in [0, 0.1) is 0 Å². The van der Waals surface area contributed by atoms with Crippen LogP contribution in [0.15, 0.2) is 29.2 Å². The molecule has 0 bridgehead atoms. The van der Waals surface area contributed by atoms with E-state index in [1.807, 2.05) is 25.7 Å². The molecule has 2 atom stereocenters. The lowest BCUT2D eigenvalue weighted by atomic mass is 10.1. The number of alkyl halides is 3. The average molecular weight is 453 g/mol. The summed E-state index contributed by atoms with van der Waals surface area (Å²) in [6.07, 6.45) is -3.37. The van der Waals surface area contributed by atoms with Gasteiger partial charge in [0.05, 0.1) is 37.2 Å². The SMILES string of the molecule is CC(C)Oc1ccc(N2CCC(C(F)(F)F)n3c2nc(N2CCOCC2C)cc3=O)cn1. The molecule has 2 aliphatic rings. The zero-order chi connectivity index (χ0) is 23.0. The van der Waals surface area contributed by atoms with Crippen LogP contribution >= 0.6 is 0 Å². The van der Waals surface area contributed by atoms with E-state index >= 15 is 0 Å². The number of rotatable bonds is 4. The summed E-state index contributed by atoms with van der Waals surface area (Å²) in [6.45, 7) is 7.13. The minimum absolute atomic E-state index is 0.0425. The van der Waals surface area contributed by atoms with Gasteiger partial charge >= 0.3 is 6.18 Å². The maximum atomic E-state index is 13.8. The third-order valence-corrected chi connectivity index (χ3v) is 5.53. The predicted molar refractivity (Wildman–Crippen MR) is 113 cm³/mol. The van der Waals surface area contributed by atoms with E-state index in [0.717, 1.165) is 4.57 Å². The molecule has 0 aromatic carbocycles. The van der Waals surface area contributed by atoms with Crippen LogP contribution in [-0.2, 0) is 4.74 Å². The molecule has 1 saturated heterocycles. The average Bonchev–Trinajstić information content (AvgIpc) is 2.73. The minimum Gasteiger partial charge on any atom is -0.475 e. The number of pyridine rings is 1. The largest absolute Gasteiger partial charge is 0.475 e. The van der Waals surface area contributed by atoms with Crippen LogP contribution in [-0.4, -0.2) is 59.2 Å². The van der Waals surface area contributed by atoms with Crippen molar-refractivity contribution in [3.63, 3.8) is 0 Å². The van der Waals surface area contributed by atoms with Gasteiger partial charge in [-0.05, 0) is 33.3 Å². The fraction of sp³-hybridized carbons (Fsp3) is 0.571. The number of hydrogen-bond donors (Lipinski definition) is 0. The highest BCUT2D eigenvalue weighted by Crippen LogP contribution is 2.40. The number of hydrogen-bond acceptors (Lipinski definition) is 7. The first-order chi connectivity index (χ1) is 15.1. The summed E-state index contributed by atoms with van der Waals surface area (Å²) in [5, 5.41) is 0.